The molecule has 0 saturated heterocycles. The van der Waals surface area contributed by atoms with E-state index < -0.39 is 15.8 Å². The number of anilines is 1. The van der Waals surface area contributed by atoms with E-state index in [1.54, 1.807) is 19.2 Å². The van der Waals surface area contributed by atoms with Crippen molar-refractivity contribution in [2.45, 2.75) is 11.4 Å². The number of nitrogens with one attached hydrogen (secondary N) is 2. The number of rotatable bonds is 5. The number of halogens is 1. The van der Waals surface area contributed by atoms with Gasteiger partial charge in [0, 0.05) is 31.4 Å². The first kappa shape index (κ1) is 14.4. The van der Waals surface area contributed by atoms with Crippen molar-refractivity contribution < 1.29 is 12.8 Å². The lowest BCUT2D eigenvalue weighted by Gasteiger charge is -2.08. The first-order chi connectivity index (χ1) is 9.53. The topological polar surface area (TPSA) is 71.1 Å². The van der Waals surface area contributed by atoms with Crippen LogP contribution in [0.25, 0.3) is 0 Å². The zero-order valence-electron chi connectivity index (χ0n) is 10.8. The molecule has 0 aliphatic rings. The summed E-state index contributed by atoms with van der Waals surface area (Å²) in [7, 11) is -2.06. The Bertz CT molecular complexity index is 704. The van der Waals surface area contributed by atoms with Crippen molar-refractivity contribution >= 4 is 15.8 Å². The van der Waals surface area contributed by atoms with Crippen LogP contribution in [0.15, 0.2) is 47.5 Å². The average Bonchev–Trinajstić information content (AvgIpc) is 2.46. The molecule has 0 atom stereocenters. The molecule has 106 valence electrons. The van der Waals surface area contributed by atoms with Crippen molar-refractivity contribution in [2.24, 2.45) is 0 Å². The van der Waals surface area contributed by atoms with Gasteiger partial charge in [-0.2, -0.15) is 0 Å². The third-order valence-corrected chi connectivity index (χ3v) is 4.11. The van der Waals surface area contributed by atoms with Crippen LogP contribution >= 0.6 is 0 Å². The fourth-order valence-corrected chi connectivity index (χ4v) is 2.63. The number of pyridine rings is 1. The van der Waals surface area contributed by atoms with E-state index in [0.717, 1.165) is 0 Å². The summed E-state index contributed by atoms with van der Waals surface area (Å²) in [6, 6.07) is 8.81. The van der Waals surface area contributed by atoms with Crippen molar-refractivity contribution in [3.63, 3.8) is 0 Å². The molecule has 20 heavy (non-hydrogen) atoms. The summed E-state index contributed by atoms with van der Waals surface area (Å²) in [5.41, 5.74) is 0.291. The Morgan fingerprint density at radius 1 is 1.25 bits per heavy atom. The van der Waals surface area contributed by atoms with E-state index in [4.69, 9.17) is 0 Å². The van der Waals surface area contributed by atoms with Gasteiger partial charge in [0.1, 0.15) is 11.6 Å². The molecule has 2 rings (SSSR count). The van der Waals surface area contributed by atoms with Crippen LogP contribution in [0.1, 0.15) is 5.56 Å². The molecule has 0 amide bonds. The standard InChI is InChI=1S/C13H14FN3O2S/c1-15-13-8-11(6-7-16-13)20(18,19)17-9-10-4-2-3-5-12(10)14/h2-8,17H,9H2,1H3,(H,15,16). The Morgan fingerprint density at radius 2 is 2.00 bits per heavy atom. The van der Waals surface area contributed by atoms with E-state index in [-0.39, 0.29) is 11.4 Å². The first-order valence-electron chi connectivity index (χ1n) is 5.90. The highest BCUT2D eigenvalue weighted by atomic mass is 32.2. The molecule has 0 aliphatic heterocycles. The number of nitrogens with zero attached hydrogens (tertiary/aromatic N) is 1. The highest BCUT2D eigenvalue weighted by Gasteiger charge is 2.15. The van der Waals surface area contributed by atoms with Gasteiger partial charge in [0.15, 0.2) is 0 Å². The molecule has 0 unspecified atom stereocenters. The Hall–Kier alpha value is -1.99. The number of hydrogen-bond donors (Lipinski definition) is 2. The number of aromatic nitrogens is 1. The molecule has 2 N–H and O–H groups in total. The predicted molar refractivity (Wildman–Crippen MR) is 74.2 cm³/mol. The molecule has 7 heteroatoms. The molecular formula is C13H14FN3O2S. The first-order valence-corrected chi connectivity index (χ1v) is 7.38. The quantitative estimate of drug-likeness (QED) is 0.881. The molecule has 1 aromatic carbocycles. The monoisotopic (exact) mass is 295 g/mol. The number of benzene rings is 1. The predicted octanol–water partition coefficient (Wildman–Crippen LogP) is 1.74. The highest BCUT2D eigenvalue weighted by Crippen LogP contribution is 2.13. The van der Waals surface area contributed by atoms with Crippen molar-refractivity contribution in [1.29, 1.82) is 0 Å². The second kappa shape index (κ2) is 5.98. The maximum atomic E-state index is 13.4. The summed E-state index contributed by atoms with van der Waals surface area (Å²) in [5, 5.41) is 2.76. The SMILES string of the molecule is CNc1cc(S(=O)(=O)NCc2ccccc2F)ccn1. The molecule has 0 spiro atoms. The lowest BCUT2D eigenvalue weighted by molar-refractivity contribution is 0.574. The fourth-order valence-electron chi connectivity index (χ4n) is 1.61. The lowest BCUT2D eigenvalue weighted by atomic mass is 10.2. The summed E-state index contributed by atoms with van der Waals surface area (Å²) in [4.78, 5) is 4.02. The van der Waals surface area contributed by atoms with Crippen LogP contribution in [0.3, 0.4) is 0 Å². The molecule has 2 aromatic rings. The largest absolute Gasteiger partial charge is 0.373 e. The van der Waals surface area contributed by atoms with Crippen molar-refractivity contribution in [3.8, 4) is 0 Å². The second-order valence-corrected chi connectivity index (χ2v) is 5.81. The van der Waals surface area contributed by atoms with Crippen LogP contribution in [-0.4, -0.2) is 20.4 Å². The Kier molecular flexibility index (Phi) is 4.31. The second-order valence-electron chi connectivity index (χ2n) is 4.04. The van der Waals surface area contributed by atoms with E-state index in [9.17, 15) is 12.8 Å². The van der Waals surface area contributed by atoms with E-state index >= 15 is 0 Å². The van der Waals surface area contributed by atoms with Gasteiger partial charge < -0.3 is 5.32 Å². The summed E-state index contributed by atoms with van der Waals surface area (Å²) in [5.74, 6) is -0.000362. The molecule has 0 radical (unpaired) electrons. The normalized spacial score (nSPS) is 11.3. The van der Waals surface area contributed by atoms with E-state index in [1.807, 2.05) is 0 Å². The summed E-state index contributed by atoms with van der Waals surface area (Å²) >= 11 is 0. The van der Waals surface area contributed by atoms with Crippen LogP contribution in [0, 0.1) is 5.82 Å². The van der Waals surface area contributed by atoms with Crippen molar-refractivity contribution in [1.82, 2.24) is 9.71 Å². The van der Waals surface area contributed by atoms with Gasteiger partial charge in [-0.1, -0.05) is 18.2 Å². The summed E-state index contributed by atoms with van der Waals surface area (Å²) in [6.45, 7) is -0.105. The summed E-state index contributed by atoms with van der Waals surface area (Å²) < 4.78 is 40.0. The molecular weight excluding hydrogens is 281 g/mol. The van der Waals surface area contributed by atoms with Gasteiger partial charge >= 0.3 is 0 Å². The van der Waals surface area contributed by atoms with E-state index in [0.29, 0.717) is 11.4 Å². The summed E-state index contributed by atoms with van der Waals surface area (Å²) in [6.07, 6.45) is 1.39. The van der Waals surface area contributed by atoms with E-state index in [1.165, 1.54) is 30.5 Å². The van der Waals surface area contributed by atoms with Crippen molar-refractivity contribution in [3.05, 3.63) is 54.0 Å². The average molecular weight is 295 g/mol. The molecule has 1 heterocycles. The molecule has 0 bridgehead atoms. The van der Waals surface area contributed by atoms with Gasteiger partial charge in [0.2, 0.25) is 10.0 Å². The van der Waals surface area contributed by atoms with Crippen LogP contribution in [0.4, 0.5) is 10.2 Å². The Morgan fingerprint density at radius 3 is 2.70 bits per heavy atom. The lowest BCUT2D eigenvalue weighted by Crippen LogP contribution is -2.23. The third-order valence-electron chi connectivity index (χ3n) is 2.71. The van der Waals surface area contributed by atoms with Crippen LogP contribution in [0.2, 0.25) is 0 Å². The fraction of sp³-hybridized carbons (Fsp3) is 0.154. The smallest absolute Gasteiger partial charge is 0.241 e. The van der Waals surface area contributed by atoms with Gasteiger partial charge in [-0.15, -0.1) is 0 Å². The minimum atomic E-state index is -3.70. The maximum Gasteiger partial charge on any atom is 0.241 e. The molecule has 0 aliphatic carbocycles. The van der Waals surface area contributed by atoms with Crippen LogP contribution < -0.4 is 10.0 Å². The van der Waals surface area contributed by atoms with Gasteiger partial charge in [-0.25, -0.2) is 22.5 Å². The van der Waals surface area contributed by atoms with Gasteiger partial charge in [0.25, 0.3) is 0 Å². The molecule has 0 saturated carbocycles. The van der Waals surface area contributed by atoms with Crippen LogP contribution in [0.5, 0.6) is 0 Å². The highest BCUT2D eigenvalue weighted by molar-refractivity contribution is 7.89. The molecule has 1 aromatic heterocycles. The van der Waals surface area contributed by atoms with Gasteiger partial charge in [-0.05, 0) is 12.1 Å². The van der Waals surface area contributed by atoms with E-state index in [2.05, 4.69) is 15.0 Å². The number of sulfonamides is 1. The minimum Gasteiger partial charge on any atom is -0.373 e. The zero-order chi connectivity index (χ0) is 14.6. The Balaban J connectivity index is 2.17. The third kappa shape index (κ3) is 3.31. The van der Waals surface area contributed by atoms with Crippen LogP contribution in [-0.2, 0) is 16.6 Å². The molecule has 5 nitrogen and oxygen atoms in total. The van der Waals surface area contributed by atoms with Gasteiger partial charge in [-0.3, -0.25) is 0 Å². The molecule has 0 fully saturated rings. The zero-order valence-corrected chi connectivity index (χ0v) is 11.6. The maximum absolute atomic E-state index is 13.4. The minimum absolute atomic E-state index is 0.0770. The Labute approximate surface area is 116 Å². The van der Waals surface area contributed by atoms with Gasteiger partial charge in [0.05, 0.1) is 4.90 Å². The number of hydrogen-bond acceptors (Lipinski definition) is 4. The van der Waals surface area contributed by atoms with Crippen molar-refractivity contribution in [2.75, 3.05) is 12.4 Å².